The summed E-state index contributed by atoms with van der Waals surface area (Å²) in [5.74, 6) is 0.639. The number of rotatable bonds is 4. The summed E-state index contributed by atoms with van der Waals surface area (Å²) in [4.78, 5) is 23.4. The molecular formula is C18H17N3OS2. The van der Waals surface area contributed by atoms with Crippen molar-refractivity contribution in [3.63, 3.8) is 0 Å². The Hall–Kier alpha value is -1.92. The van der Waals surface area contributed by atoms with E-state index in [0.717, 1.165) is 29.2 Å². The lowest BCUT2D eigenvalue weighted by Gasteiger charge is -2.24. The average molecular weight is 355 g/mol. The molecule has 122 valence electrons. The van der Waals surface area contributed by atoms with Gasteiger partial charge in [0.05, 0.1) is 22.0 Å². The first kappa shape index (κ1) is 15.6. The lowest BCUT2D eigenvalue weighted by molar-refractivity contribution is -0.129. The molecule has 0 unspecified atom stereocenters. The summed E-state index contributed by atoms with van der Waals surface area (Å²) in [6.45, 7) is 0.840. The summed E-state index contributed by atoms with van der Waals surface area (Å²) in [6, 6.07) is 12.3. The Morgan fingerprint density at radius 2 is 2.08 bits per heavy atom. The Kier molecular flexibility index (Phi) is 4.49. The number of carbonyl (C=O) groups excluding carboxylic acids is 1. The highest BCUT2D eigenvalue weighted by Crippen LogP contribution is 2.34. The maximum absolute atomic E-state index is 12.7. The van der Waals surface area contributed by atoms with Gasteiger partial charge in [-0.3, -0.25) is 9.78 Å². The van der Waals surface area contributed by atoms with E-state index in [0.29, 0.717) is 5.75 Å². The molecule has 2 aromatic heterocycles. The van der Waals surface area contributed by atoms with Crippen molar-refractivity contribution in [1.29, 1.82) is 0 Å². The number of hydrogen-bond donors (Lipinski definition) is 0. The molecule has 0 N–H and O–H groups in total. The second-order valence-corrected chi connectivity index (χ2v) is 8.01. The van der Waals surface area contributed by atoms with E-state index in [1.807, 2.05) is 35.2 Å². The van der Waals surface area contributed by atoms with E-state index in [4.69, 9.17) is 0 Å². The van der Waals surface area contributed by atoms with Crippen LogP contribution in [0.3, 0.4) is 0 Å². The summed E-state index contributed by atoms with van der Waals surface area (Å²) in [5.41, 5.74) is 2.19. The molecule has 1 aliphatic heterocycles. The van der Waals surface area contributed by atoms with E-state index < -0.39 is 0 Å². The molecular weight excluding hydrogens is 338 g/mol. The van der Waals surface area contributed by atoms with Gasteiger partial charge in [-0.05, 0) is 42.7 Å². The zero-order valence-corrected chi connectivity index (χ0v) is 14.7. The van der Waals surface area contributed by atoms with Gasteiger partial charge in [0.2, 0.25) is 5.91 Å². The first-order chi connectivity index (χ1) is 11.8. The molecule has 0 spiro atoms. The predicted octanol–water partition coefficient (Wildman–Crippen LogP) is 4.15. The monoisotopic (exact) mass is 355 g/mol. The number of likely N-dealkylation sites (tertiary alicyclic amines) is 1. The van der Waals surface area contributed by atoms with Crippen LogP contribution >= 0.6 is 23.1 Å². The van der Waals surface area contributed by atoms with Crippen LogP contribution in [-0.2, 0) is 4.79 Å². The molecule has 4 nitrogen and oxygen atoms in total. The van der Waals surface area contributed by atoms with Crippen molar-refractivity contribution in [3.8, 4) is 0 Å². The highest BCUT2D eigenvalue weighted by atomic mass is 32.2. The van der Waals surface area contributed by atoms with Gasteiger partial charge in [0, 0.05) is 18.9 Å². The number of para-hydroxylation sites is 1. The second kappa shape index (κ2) is 6.91. The molecule has 1 fully saturated rings. The minimum absolute atomic E-state index is 0.191. The molecule has 1 aromatic carbocycles. The Morgan fingerprint density at radius 1 is 1.25 bits per heavy atom. The average Bonchev–Trinajstić information content (AvgIpc) is 3.27. The quantitative estimate of drug-likeness (QED) is 0.660. The van der Waals surface area contributed by atoms with Crippen molar-refractivity contribution >= 4 is 39.2 Å². The summed E-state index contributed by atoms with van der Waals surface area (Å²) in [7, 11) is 0. The van der Waals surface area contributed by atoms with Gasteiger partial charge in [-0.15, -0.1) is 11.3 Å². The van der Waals surface area contributed by atoms with Crippen molar-refractivity contribution in [2.75, 3.05) is 12.3 Å². The maximum Gasteiger partial charge on any atom is 0.233 e. The number of pyridine rings is 1. The van der Waals surface area contributed by atoms with Gasteiger partial charge < -0.3 is 4.90 Å². The number of carbonyl (C=O) groups is 1. The number of hydrogen-bond acceptors (Lipinski definition) is 5. The van der Waals surface area contributed by atoms with Gasteiger partial charge >= 0.3 is 0 Å². The second-order valence-electron chi connectivity index (χ2n) is 5.76. The molecule has 1 atom stereocenters. The number of thioether (sulfide) groups is 1. The van der Waals surface area contributed by atoms with Gasteiger partial charge in [-0.2, -0.15) is 0 Å². The van der Waals surface area contributed by atoms with E-state index in [2.05, 4.69) is 16.0 Å². The van der Waals surface area contributed by atoms with Crippen LogP contribution < -0.4 is 0 Å². The summed E-state index contributed by atoms with van der Waals surface area (Å²) >= 11 is 3.19. The van der Waals surface area contributed by atoms with Gasteiger partial charge in [0.15, 0.2) is 4.34 Å². The van der Waals surface area contributed by atoms with E-state index in [9.17, 15) is 4.79 Å². The highest BCUT2D eigenvalue weighted by molar-refractivity contribution is 8.01. The summed E-state index contributed by atoms with van der Waals surface area (Å²) < 4.78 is 2.13. The van der Waals surface area contributed by atoms with E-state index in [-0.39, 0.29) is 11.9 Å². The normalized spacial score (nSPS) is 17.5. The first-order valence-electron chi connectivity index (χ1n) is 7.99. The fraction of sp³-hybridized carbons (Fsp3) is 0.278. The predicted molar refractivity (Wildman–Crippen MR) is 98.3 cm³/mol. The van der Waals surface area contributed by atoms with Gasteiger partial charge in [-0.1, -0.05) is 23.9 Å². The van der Waals surface area contributed by atoms with Crippen LogP contribution in [-0.4, -0.2) is 33.1 Å². The van der Waals surface area contributed by atoms with Gasteiger partial charge in [0.1, 0.15) is 0 Å². The first-order valence-corrected chi connectivity index (χ1v) is 9.79. The number of amides is 1. The van der Waals surface area contributed by atoms with Crippen LogP contribution in [0.4, 0.5) is 0 Å². The molecule has 6 heteroatoms. The molecule has 0 saturated carbocycles. The van der Waals surface area contributed by atoms with Crippen molar-refractivity contribution in [3.05, 3.63) is 54.4 Å². The maximum atomic E-state index is 12.7. The van der Waals surface area contributed by atoms with Crippen molar-refractivity contribution in [2.24, 2.45) is 0 Å². The number of thiazole rings is 1. The Labute approximate surface area is 148 Å². The van der Waals surface area contributed by atoms with Crippen LogP contribution in [0.15, 0.2) is 53.1 Å². The zero-order valence-electron chi connectivity index (χ0n) is 13.1. The van der Waals surface area contributed by atoms with Crippen LogP contribution in [0.5, 0.6) is 0 Å². The SMILES string of the molecule is O=C(CSc1nc2ccccc2s1)N1CCC[C@H]1c1ccncc1. The number of benzene rings is 1. The smallest absolute Gasteiger partial charge is 0.233 e. The molecule has 0 aliphatic carbocycles. The van der Waals surface area contributed by atoms with Crippen LogP contribution in [0, 0.1) is 0 Å². The third-order valence-corrected chi connectivity index (χ3v) is 6.42. The van der Waals surface area contributed by atoms with Crippen molar-refractivity contribution in [2.45, 2.75) is 23.2 Å². The van der Waals surface area contributed by atoms with E-state index in [1.165, 1.54) is 10.3 Å². The Morgan fingerprint density at radius 3 is 2.92 bits per heavy atom. The fourth-order valence-electron chi connectivity index (χ4n) is 3.12. The highest BCUT2D eigenvalue weighted by Gasteiger charge is 2.29. The largest absolute Gasteiger partial charge is 0.335 e. The molecule has 24 heavy (non-hydrogen) atoms. The number of nitrogens with zero attached hydrogens (tertiary/aromatic N) is 3. The molecule has 3 heterocycles. The lowest BCUT2D eigenvalue weighted by Crippen LogP contribution is -2.31. The lowest BCUT2D eigenvalue weighted by atomic mass is 10.1. The van der Waals surface area contributed by atoms with Crippen molar-refractivity contribution in [1.82, 2.24) is 14.9 Å². The summed E-state index contributed by atoms with van der Waals surface area (Å²) in [5, 5.41) is 0. The molecule has 0 bridgehead atoms. The topological polar surface area (TPSA) is 46.1 Å². The third kappa shape index (κ3) is 3.16. The molecule has 4 rings (SSSR count). The van der Waals surface area contributed by atoms with Crippen LogP contribution in [0.25, 0.3) is 10.2 Å². The molecule has 3 aromatic rings. The molecule has 1 aliphatic rings. The minimum Gasteiger partial charge on any atom is -0.335 e. The van der Waals surface area contributed by atoms with E-state index in [1.54, 1.807) is 35.5 Å². The third-order valence-electron chi connectivity index (χ3n) is 4.26. The fourth-order valence-corrected chi connectivity index (χ4v) is 5.07. The minimum atomic E-state index is 0.191. The summed E-state index contributed by atoms with van der Waals surface area (Å²) in [6.07, 6.45) is 5.68. The molecule has 0 radical (unpaired) electrons. The standard InChI is InChI=1S/C18H17N3OS2/c22-17(12-23-18-20-14-4-1-2-6-16(14)24-18)21-11-3-5-15(21)13-7-9-19-10-8-13/h1-2,4,6-10,15H,3,5,11-12H2/t15-/m0/s1. The Balaban J connectivity index is 1.43. The Bertz CT molecular complexity index is 817. The van der Waals surface area contributed by atoms with Gasteiger partial charge in [-0.25, -0.2) is 4.98 Å². The van der Waals surface area contributed by atoms with E-state index >= 15 is 0 Å². The van der Waals surface area contributed by atoms with Crippen LogP contribution in [0.1, 0.15) is 24.4 Å². The van der Waals surface area contributed by atoms with Gasteiger partial charge in [0.25, 0.3) is 0 Å². The molecule has 1 saturated heterocycles. The van der Waals surface area contributed by atoms with Crippen LogP contribution in [0.2, 0.25) is 0 Å². The molecule has 1 amide bonds. The zero-order chi connectivity index (χ0) is 16.4. The van der Waals surface area contributed by atoms with Crippen molar-refractivity contribution < 1.29 is 4.79 Å². The number of aromatic nitrogens is 2. The number of fused-ring (bicyclic) bond motifs is 1.